The van der Waals surface area contributed by atoms with Gasteiger partial charge in [0, 0.05) is 22.4 Å². The highest BCUT2D eigenvalue weighted by molar-refractivity contribution is 6.36. The Hall–Kier alpha value is -2.34. The minimum absolute atomic E-state index is 0.0640. The van der Waals surface area contributed by atoms with Crippen molar-refractivity contribution in [3.8, 4) is 17.0 Å². The Labute approximate surface area is 164 Å². The summed E-state index contributed by atoms with van der Waals surface area (Å²) in [6.45, 7) is -0.0762. The summed E-state index contributed by atoms with van der Waals surface area (Å²) >= 11 is 18.0. The zero-order valence-electron chi connectivity index (χ0n) is 13.2. The molecular weight excluding hydrogens is 397 g/mol. The molecule has 0 saturated heterocycles. The summed E-state index contributed by atoms with van der Waals surface area (Å²) in [5, 5.41) is 17.4. The summed E-state index contributed by atoms with van der Waals surface area (Å²) in [6, 6.07) is 11.2. The Balaban J connectivity index is 1.71. The smallest absolute Gasteiger partial charge is 0.201 e. The lowest BCUT2D eigenvalue weighted by molar-refractivity contribution is 0.0997. The van der Waals surface area contributed by atoms with Gasteiger partial charge in [0.25, 0.3) is 0 Å². The first kappa shape index (κ1) is 18.5. The third-order valence-corrected chi connectivity index (χ3v) is 4.41. The van der Waals surface area contributed by atoms with E-state index < -0.39 is 0 Å². The van der Waals surface area contributed by atoms with Crippen molar-refractivity contribution in [2.75, 3.05) is 6.54 Å². The van der Waals surface area contributed by atoms with Crippen LogP contribution in [-0.4, -0.2) is 33.8 Å². The van der Waals surface area contributed by atoms with Gasteiger partial charge in [0.05, 0.1) is 15.7 Å². The number of nitrogens with zero attached hydrogens (tertiary/aromatic N) is 2. The van der Waals surface area contributed by atoms with E-state index in [0.717, 1.165) is 0 Å². The number of aromatic hydroxyl groups is 1. The number of aliphatic imine (C=N–C) groups is 1. The lowest BCUT2D eigenvalue weighted by Crippen LogP contribution is -2.04. The fourth-order valence-electron chi connectivity index (χ4n) is 2.23. The predicted octanol–water partition coefficient (Wildman–Crippen LogP) is 5.04. The zero-order chi connectivity index (χ0) is 18.7. The molecule has 1 aromatic heterocycles. The van der Waals surface area contributed by atoms with Crippen LogP contribution in [0.1, 0.15) is 16.1 Å². The maximum Gasteiger partial charge on any atom is 0.201 e. The third-order valence-electron chi connectivity index (χ3n) is 3.53. The summed E-state index contributed by atoms with van der Waals surface area (Å²) in [4.78, 5) is 16.3. The molecule has 0 aliphatic heterocycles. The van der Waals surface area contributed by atoms with E-state index in [1.165, 1.54) is 18.3 Å². The lowest BCUT2D eigenvalue weighted by atomic mass is 10.1. The average molecular weight is 409 g/mol. The molecule has 2 aromatic carbocycles. The van der Waals surface area contributed by atoms with Crippen LogP contribution in [-0.2, 0) is 0 Å². The predicted molar refractivity (Wildman–Crippen MR) is 104 cm³/mol. The molecule has 0 aliphatic carbocycles. The van der Waals surface area contributed by atoms with Crippen molar-refractivity contribution in [3.63, 3.8) is 0 Å². The van der Waals surface area contributed by atoms with Crippen LogP contribution >= 0.6 is 34.8 Å². The van der Waals surface area contributed by atoms with Gasteiger partial charge >= 0.3 is 0 Å². The van der Waals surface area contributed by atoms with Crippen molar-refractivity contribution in [3.05, 3.63) is 68.8 Å². The van der Waals surface area contributed by atoms with E-state index in [4.69, 9.17) is 34.8 Å². The Morgan fingerprint density at radius 2 is 1.92 bits per heavy atom. The molecule has 5 nitrogen and oxygen atoms in total. The molecular formula is C18H12Cl3N3O2. The normalized spacial score (nSPS) is 11.2. The number of phenols is 1. The quantitative estimate of drug-likeness (QED) is 0.458. The first-order chi connectivity index (χ1) is 12.4. The van der Waals surface area contributed by atoms with Crippen LogP contribution in [0.3, 0.4) is 0 Å². The number of ketones is 1. The first-order valence-electron chi connectivity index (χ1n) is 7.46. The number of carbonyl (C=O) groups excluding carboxylic acids is 1. The minimum atomic E-state index is -0.236. The Morgan fingerprint density at radius 1 is 1.12 bits per heavy atom. The molecule has 0 atom stereocenters. The molecule has 132 valence electrons. The molecule has 26 heavy (non-hydrogen) atoms. The number of hydrogen-bond acceptors (Lipinski definition) is 4. The van der Waals surface area contributed by atoms with Gasteiger partial charge in [-0.25, -0.2) is 0 Å². The second-order valence-corrected chi connectivity index (χ2v) is 6.64. The number of benzene rings is 2. The van der Waals surface area contributed by atoms with E-state index in [9.17, 15) is 9.90 Å². The number of halogens is 3. The number of H-pyrrole nitrogens is 1. The van der Waals surface area contributed by atoms with Gasteiger partial charge < -0.3 is 5.11 Å². The van der Waals surface area contributed by atoms with E-state index in [1.807, 2.05) is 0 Å². The molecule has 3 aromatic rings. The molecule has 0 radical (unpaired) electrons. The molecule has 1 heterocycles. The highest BCUT2D eigenvalue weighted by Gasteiger charge is 2.13. The SMILES string of the molecule is O=C(CN=Cc1ccc(O)cc1Cl)c1cc(-c2ccc(Cl)cc2Cl)n[nH]1. The van der Waals surface area contributed by atoms with Gasteiger partial charge in [0.1, 0.15) is 18.0 Å². The molecule has 0 saturated carbocycles. The summed E-state index contributed by atoms with van der Waals surface area (Å²) in [7, 11) is 0. The number of phenolic OH excluding ortho intramolecular Hbond substituents is 1. The van der Waals surface area contributed by atoms with Crippen LogP contribution in [0, 0.1) is 0 Å². The van der Waals surface area contributed by atoms with Gasteiger partial charge in [-0.2, -0.15) is 5.10 Å². The maximum atomic E-state index is 12.2. The average Bonchev–Trinajstić information content (AvgIpc) is 3.06. The Morgan fingerprint density at radius 3 is 2.65 bits per heavy atom. The van der Waals surface area contributed by atoms with E-state index in [0.29, 0.717) is 37.6 Å². The topological polar surface area (TPSA) is 78.3 Å². The molecule has 3 rings (SSSR count). The van der Waals surface area contributed by atoms with Crippen molar-refractivity contribution in [2.24, 2.45) is 4.99 Å². The molecule has 0 spiro atoms. The van der Waals surface area contributed by atoms with Gasteiger partial charge in [-0.15, -0.1) is 0 Å². The molecule has 0 aliphatic rings. The monoisotopic (exact) mass is 407 g/mol. The molecule has 2 N–H and O–H groups in total. The van der Waals surface area contributed by atoms with Crippen LogP contribution in [0.4, 0.5) is 0 Å². The minimum Gasteiger partial charge on any atom is -0.508 e. The molecule has 0 fully saturated rings. The van der Waals surface area contributed by atoms with Crippen LogP contribution in [0.2, 0.25) is 15.1 Å². The molecule has 0 bridgehead atoms. The fraction of sp³-hybridized carbons (Fsp3) is 0.0556. The van der Waals surface area contributed by atoms with Gasteiger partial charge in [-0.3, -0.25) is 14.9 Å². The van der Waals surface area contributed by atoms with E-state index in [2.05, 4.69) is 15.2 Å². The molecule has 0 unspecified atom stereocenters. The van der Waals surface area contributed by atoms with E-state index in [1.54, 1.807) is 30.3 Å². The van der Waals surface area contributed by atoms with E-state index in [-0.39, 0.29) is 18.1 Å². The second-order valence-electron chi connectivity index (χ2n) is 5.39. The van der Waals surface area contributed by atoms with Crippen LogP contribution in [0.15, 0.2) is 47.5 Å². The number of carbonyl (C=O) groups is 1. The van der Waals surface area contributed by atoms with Crippen LogP contribution < -0.4 is 0 Å². The van der Waals surface area contributed by atoms with Gasteiger partial charge in [0.15, 0.2) is 0 Å². The first-order valence-corrected chi connectivity index (χ1v) is 8.60. The van der Waals surface area contributed by atoms with Gasteiger partial charge in [-0.1, -0.05) is 34.8 Å². The lowest BCUT2D eigenvalue weighted by Gasteiger charge is -2.00. The zero-order valence-corrected chi connectivity index (χ0v) is 15.5. The van der Waals surface area contributed by atoms with Gasteiger partial charge in [-0.05, 0) is 42.5 Å². The van der Waals surface area contributed by atoms with E-state index >= 15 is 0 Å². The number of aromatic amines is 1. The summed E-state index contributed by atoms with van der Waals surface area (Å²) in [5.41, 5.74) is 2.14. The maximum absolute atomic E-state index is 12.2. The van der Waals surface area contributed by atoms with Gasteiger partial charge in [0.2, 0.25) is 5.78 Å². The van der Waals surface area contributed by atoms with Crippen LogP contribution in [0.5, 0.6) is 5.75 Å². The summed E-state index contributed by atoms with van der Waals surface area (Å²) < 4.78 is 0. The number of aromatic nitrogens is 2. The van der Waals surface area contributed by atoms with Crippen molar-refractivity contribution in [1.82, 2.24) is 10.2 Å². The second kappa shape index (κ2) is 7.91. The Bertz CT molecular complexity index is 999. The third kappa shape index (κ3) is 4.25. The highest BCUT2D eigenvalue weighted by atomic mass is 35.5. The van der Waals surface area contributed by atoms with Crippen molar-refractivity contribution in [1.29, 1.82) is 0 Å². The molecule has 8 heteroatoms. The number of Topliss-reactive ketones (excluding diaryl/α,β-unsaturated/α-hetero) is 1. The van der Waals surface area contributed by atoms with Crippen molar-refractivity contribution in [2.45, 2.75) is 0 Å². The van der Waals surface area contributed by atoms with Crippen molar-refractivity contribution >= 4 is 46.8 Å². The summed E-state index contributed by atoms with van der Waals surface area (Å²) in [5.74, 6) is -0.172. The number of nitrogens with one attached hydrogen (secondary N) is 1. The Kier molecular flexibility index (Phi) is 5.61. The molecule has 0 amide bonds. The highest BCUT2D eigenvalue weighted by Crippen LogP contribution is 2.29. The van der Waals surface area contributed by atoms with Crippen LogP contribution in [0.25, 0.3) is 11.3 Å². The van der Waals surface area contributed by atoms with Crippen molar-refractivity contribution < 1.29 is 9.90 Å². The number of rotatable bonds is 5. The summed E-state index contributed by atoms with van der Waals surface area (Å²) in [6.07, 6.45) is 1.48. The fourth-order valence-corrected chi connectivity index (χ4v) is 2.96. The number of hydrogen-bond donors (Lipinski definition) is 2. The largest absolute Gasteiger partial charge is 0.508 e. The standard InChI is InChI=1S/C18H12Cl3N3O2/c19-11-2-4-13(15(21)5-11)16-7-17(24-23-16)18(26)9-22-8-10-1-3-12(25)6-14(10)20/h1-8,25H,9H2,(H,23,24).